The van der Waals surface area contributed by atoms with Crippen molar-refractivity contribution in [2.45, 2.75) is 62.6 Å². The summed E-state index contributed by atoms with van der Waals surface area (Å²) in [4.78, 5) is 48.4. The van der Waals surface area contributed by atoms with Crippen LogP contribution in [-0.2, 0) is 38.0 Å². The summed E-state index contributed by atoms with van der Waals surface area (Å²) >= 11 is 0. The molecule has 2 heterocycles. The van der Waals surface area contributed by atoms with Crippen LogP contribution in [0.2, 0.25) is 0 Å². The van der Waals surface area contributed by atoms with Crippen LogP contribution in [0.5, 0.6) is 5.75 Å². The van der Waals surface area contributed by atoms with Crippen molar-refractivity contribution in [1.82, 2.24) is 30.2 Å². The van der Waals surface area contributed by atoms with Gasteiger partial charge in [-0.2, -0.15) is 30.7 Å². The normalized spacial score (nSPS) is 16.3. The minimum Gasteiger partial charge on any atom is -0.509 e. The molecule has 3 aromatic rings. The summed E-state index contributed by atoms with van der Waals surface area (Å²) in [6.45, 7) is -0.351. The first-order valence-electron chi connectivity index (χ1n) is 19.5. The first-order valence-corrected chi connectivity index (χ1v) is 19.5. The molecule has 0 radical (unpaired) electrons. The molecule has 23 heteroatoms. The van der Waals surface area contributed by atoms with E-state index in [1.165, 1.54) is 12.1 Å². The maximum absolute atomic E-state index is 15.7. The van der Waals surface area contributed by atoms with Crippen molar-refractivity contribution in [3.63, 3.8) is 0 Å². The quantitative estimate of drug-likeness (QED) is 0.0680. The molecule has 344 valence electrons. The molecular weight excluding hydrogens is 858 g/mol. The Balaban J connectivity index is 1.29. The third-order valence-corrected chi connectivity index (χ3v) is 10.6. The molecule has 1 spiro atoms. The number of amides is 3. The van der Waals surface area contributed by atoms with Crippen LogP contribution in [0.1, 0.15) is 48.9 Å². The second kappa shape index (κ2) is 20.3. The van der Waals surface area contributed by atoms with Crippen LogP contribution in [0.3, 0.4) is 0 Å². The smallest absolute Gasteiger partial charge is 0.433 e. The minimum absolute atomic E-state index is 0.0305. The third kappa shape index (κ3) is 11.6. The second-order valence-corrected chi connectivity index (χ2v) is 14.9. The van der Waals surface area contributed by atoms with Crippen molar-refractivity contribution in [3.05, 3.63) is 82.5 Å². The number of aliphatic hydroxyl groups excluding tert-OH is 3. The maximum Gasteiger partial charge on any atom is 0.433 e. The van der Waals surface area contributed by atoms with E-state index in [2.05, 4.69) is 20.6 Å². The van der Waals surface area contributed by atoms with E-state index in [0.717, 1.165) is 23.2 Å². The lowest BCUT2D eigenvalue weighted by molar-refractivity contribution is -0.163. The van der Waals surface area contributed by atoms with E-state index in [0.29, 0.717) is 43.9 Å². The fourth-order valence-electron chi connectivity index (χ4n) is 7.03. The van der Waals surface area contributed by atoms with Gasteiger partial charge in [-0.05, 0) is 50.2 Å². The van der Waals surface area contributed by atoms with Crippen molar-refractivity contribution in [2.75, 3.05) is 65.5 Å². The van der Waals surface area contributed by atoms with Crippen molar-refractivity contribution in [2.24, 2.45) is 0 Å². The summed E-state index contributed by atoms with van der Waals surface area (Å²) in [7, 11) is 3.12. The second-order valence-electron chi connectivity index (χ2n) is 14.9. The van der Waals surface area contributed by atoms with Crippen LogP contribution in [0.4, 0.5) is 40.8 Å². The van der Waals surface area contributed by atoms with Gasteiger partial charge in [-0.3, -0.25) is 19.4 Å². The van der Waals surface area contributed by atoms with E-state index in [1.807, 2.05) is 0 Å². The highest BCUT2D eigenvalue weighted by molar-refractivity contribution is 6.24. The lowest BCUT2D eigenvalue weighted by Gasteiger charge is -2.48. The summed E-state index contributed by atoms with van der Waals surface area (Å²) < 4.78 is 124. The molecule has 1 aromatic heterocycles. The molecule has 15 nitrogen and oxygen atoms in total. The number of aromatic nitrogens is 2. The van der Waals surface area contributed by atoms with Crippen molar-refractivity contribution in [1.29, 1.82) is 0 Å². The SMILES string of the molecule is CN(CCOCCC(=O)NCC(O)CO)CCOc1ccc(CN2C(=O)C(C(=O)Nc3ccc(C(F)(F)F)cc3-c3cc(C(F)(F)F)ncn3)=C(O)C3(CCCC3)N2C)c(F)c1F. The largest absolute Gasteiger partial charge is 0.509 e. The lowest BCUT2D eigenvalue weighted by Crippen LogP contribution is -2.62. The molecule has 2 aliphatic rings. The van der Waals surface area contributed by atoms with Gasteiger partial charge in [0.15, 0.2) is 11.6 Å². The van der Waals surface area contributed by atoms with Gasteiger partial charge in [-0.1, -0.05) is 18.9 Å². The van der Waals surface area contributed by atoms with Crippen molar-refractivity contribution >= 4 is 23.4 Å². The Morgan fingerprint density at radius 1 is 0.968 bits per heavy atom. The molecule has 1 unspecified atom stereocenters. The Morgan fingerprint density at radius 3 is 2.33 bits per heavy atom. The number of alkyl halides is 6. The van der Waals surface area contributed by atoms with E-state index >= 15 is 8.78 Å². The molecule has 0 saturated heterocycles. The van der Waals surface area contributed by atoms with Gasteiger partial charge in [-0.25, -0.2) is 19.4 Å². The number of hydrazine groups is 1. The van der Waals surface area contributed by atoms with Crippen LogP contribution in [0, 0.1) is 11.6 Å². The predicted octanol–water partition coefficient (Wildman–Crippen LogP) is 4.60. The number of ether oxygens (including phenoxy) is 2. The van der Waals surface area contributed by atoms with Crippen LogP contribution in [0.25, 0.3) is 11.3 Å². The van der Waals surface area contributed by atoms with Crippen molar-refractivity contribution < 1.29 is 74.3 Å². The van der Waals surface area contributed by atoms with Gasteiger partial charge in [0, 0.05) is 44.2 Å². The molecule has 1 fully saturated rings. The van der Waals surface area contributed by atoms with Gasteiger partial charge in [0.05, 0.1) is 55.0 Å². The number of carbonyl (C=O) groups is 3. The number of aliphatic hydroxyl groups is 3. The molecule has 1 atom stereocenters. The molecule has 5 N–H and O–H groups in total. The van der Waals surface area contributed by atoms with Gasteiger partial charge in [0.2, 0.25) is 11.7 Å². The molecule has 63 heavy (non-hydrogen) atoms. The Labute approximate surface area is 355 Å². The number of rotatable bonds is 18. The average molecular weight is 904 g/mol. The lowest BCUT2D eigenvalue weighted by atomic mass is 9.88. The summed E-state index contributed by atoms with van der Waals surface area (Å²) in [6.07, 6.45) is -9.12. The number of likely N-dealkylation sites (N-methyl/N-ethyl adjacent to an activating group) is 2. The highest BCUT2D eigenvalue weighted by Gasteiger charge is 2.53. The number of anilines is 1. The minimum atomic E-state index is -5.01. The summed E-state index contributed by atoms with van der Waals surface area (Å²) in [5.74, 6) is -6.81. The monoisotopic (exact) mass is 903 g/mol. The van der Waals surface area contributed by atoms with E-state index in [9.17, 15) is 50.9 Å². The van der Waals surface area contributed by atoms with E-state index in [-0.39, 0.29) is 63.6 Å². The topological polar surface area (TPSA) is 190 Å². The zero-order valence-electron chi connectivity index (χ0n) is 34.0. The van der Waals surface area contributed by atoms with E-state index in [4.69, 9.17) is 14.6 Å². The number of halogens is 8. The fraction of sp³-hybridized carbons (Fsp3) is 0.475. The number of nitrogens with zero attached hydrogens (tertiary/aromatic N) is 5. The average Bonchev–Trinajstić information content (AvgIpc) is 3.74. The van der Waals surface area contributed by atoms with Crippen LogP contribution in [-0.4, -0.2) is 130 Å². The van der Waals surface area contributed by atoms with Crippen LogP contribution >= 0.6 is 0 Å². The number of benzene rings is 2. The fourth-order valence-corrected chi connectivity index (χ4v) is 7.03. The zero-order valence-corrected chi connectivity index (χ0v) is 34.0. The van der Waals surface area contributed by atoms with Gasteiger partial charge >= 0.3 is 12.4 Å². The Kier molecular flexibility index (Phi) is 15.7. The zero-order chi connectivity index (χ0) is 46.3. The molecule has 0 bridgehead atoms. The Bertz CT molecular complexity index is 2170. The predicted molar refractivity (Wildman–Crippen MR) is 206 cm³/mol. The number of hydrogen-bond donors (Lipinski definition) is 5. The number of hydrogen-bond acceptors (Lipinski definition) is 12. The molecule has 2 aromatic carbocycles. The molecule has 3 amide bonds. The van der Waals surface area contributed by atoms with Crippen LogP contribution in [0.15, 0.2) is 54.1 Å². The van der Waals surface area contributed by atoms with Gasteiger partial charge in [-0.15, -0.1) is 0 Å². The van der Waals surface area contributed by atoms with Gasteiger partial charge in [0.1, 0.15) is 30.0 Å². The summed E-state index contributed by atoms with van der Waals surface area (Å²) in [5, 5.41) is 36.6. The van der Waals surface area contributed by atoms with Crippen LogP contribution < -0.4 is 15.4 Å². The maximum atomic E-state index is 15.7. The highest BCUT2D eigenvalue weighted by Crippen LogP contribution is 2.45. The number of nitrogens with one attached hydrogen (secondary N) is 2. The number of carbonyl (C=O) groups excluding carboxylic acids is 3. The highest BCUT2D eigenvalue weighted by atomic mass is 19.4. The van der Waals surface area contributed by atoms with E-state index < -0.39 is 106 Å². The Hall–Kier alpha value is -5.49. The molecular formula is C40H45F8N7O8. The van der Waals surface area contributed by atoms with Crippen molar-refractivity contribution in [3.8, 4) is 17.0 Å². The van der Waals surface area contributed by atoms with E-state index in [1.54, 1.807) is 11.9 Å². The molecule has 1 saturated carbocycles. The standard InChI is InChI=1S/C40H45F8N7O8/c1-53(12-15-62-14-9-31(58)49-19-25(57)21-56)13-16-63-29-8-5-23(33(41)34(29)42)20-55-37(61)32(35(59)38(54(55)2)10-3-4-11-38)36(60)52-27-7-6-24(39(43,44)45)17-26(27)28-18-30(40(46,47)48)51-22-50-28/h5-8,17-18,22,25,56-57,59H,3-4,9-16,19-21H2,1-2H3,(H,49,58)(H,52,60). The molecule has 5 rings (SSSR count). The Morgan fingerprint density at radius 2 is 1.67 bits per heavy atom. The summed E-state index contributed by atoms with van der Waals surface area (Å²) in [5.41, 5.74) is -7.19. The molecule has 1 aliphatic carbocycles. The third-order valence-electron chi connectivity index (χ3n) is 10.6. The first kappa shape index (κ1) is 48.5. The van der Waals surface area contributed by atoms with Gasteiger partial charge < -0.3 is 40.3 Å². The summed E-state index contributed by atoms with van der Waals surface area (Å²) in [6, 6.07) is 4.44. The van der Waals surface area contributed by atoms with Gasteiger partial charge in [0.25, 0.3) is 11.8 Å². The first-order chi connectivity index (χ1) is 29.7. The molecule has 1 aliphatic heterocycles.